The van der Waals surface area contributed by atoms with E-state index in [4.69, 9.17) is 16.3 Å². The molecule has 2 aromatic carbocycles. The van der Waals surface area contributed by atoms with Crippen LogP contribution in [0.15, 0.2) is 47.4 Å². The lowest BCUT2D eigenvalue weighted by molar-refractivity contribution is 0.0303. The van der Waals surface area contributed by atoms with E-state index in [1.165, 1.54) is 24.3 Å². The minimum Gasteiger partial charge on any atom is -0.378 e. The van der Waals surface area contributed by atoms with Crippen molar-refractivity contribution in [3.8, 4) is 0 Å². The van der Waals surface area contributed by atoms with Gasteiger partial charge in [0.1, 0.15) is 0 Å². The highest BCUT2D eigenvalue weighted by atomic mass is 35.5. The molecule has 2 aliphatic heterocycles. The van der Waals surface area contributed by atoms with Gasteiger partial charge in [-0.05, 0) is 42.5 Å². The minimum absolute atomic E-state index is 0.101. The van der Waals surface area contributed by atoms with Gasteiger partial charge in [0, 0.05) is 55.7 Å². The Morgan fingerprint density at radius 2 is 1.68 bits per heavy atom. The molecule has 2 fully saturated rings. The Balaban J connectivity index is 1.65. The first-order chi connectivity index (χ1) is 14.9. The Hall–Kier alpha value is -2.33. The van der Waals surface area contributed by atoms with Crippen LogP contribution in [0.5, 0.6) is 0 Å². The standard InChI is InChI=1S/C21H25ClN4O4S/c22-16-1-4-18(5-2-16)31(28,29)24-17-3-6-20(25-9-7-23-8-10-25)19(15-17)21(27)26-11-13-30-14-12-26/h1-6,15,23-24H,7-14H2. The summed E-state index contributed by atoms with van der Waals surface area (Å²) in [5.41, 5.74) is 1.64. The number of carbonyl (C=O) groups excluding carboxylic acids is 1. The van der Waals surface area contributed by atoms with Crippen molar-refractivity contribution < 1.29 is 17.9 Å². The number of carbonyl (C=O) groups is 1. The van der Waals surface area contributed by atoms with E-state index in [0.29, 0.717) is 42.6 Å². The maximum absolute atomic E-state index is 13.3. The van der Waals surface area contributed by atoms with E-state index in [0.717, 1.165) is 31.9 Å². The van der Waals surface area contributed by atoms with Crippen LogP contribution in [0.4, 0.5) is 11.4 Å². The fourth-order valence-electron chi connectivity index (χ4n) is 3.72. The molecule has 0 aliphatic carbocycles. The van der Waals surface area contributed by atoms with Gasteiger partial charge < -0.3 is 19.9 Å². The molecule has 2 N–H and O–H groups in total. The lowest BCUT2D eigenvalue weighted by Gasteiger charge is -2.33. The molecule has 2 saturated heterocycles. The number of rotatable bonds is 5. The summed E-state index contributed by atoms with van der Waals surface area (Å²) in [6.45, 7) is 5.24. The van der Waals surface area contributed by atoms with E-state index in [1.807, 2.05) is 6.07 Å². The maximum Gasteiger partial charge on any atom is 0.261 e. The summed E-state index contributed by atoms with van der Waals surface area (Å²) in [6, 6.07) is 11.1. The number of piperazine rings is 1. The molecule has 2 aliphatic rings. The van der Waals surface area contributed by atoms with Crippen LogP contribution in [0, 0.1) is 0 Å². The van der Waals surface area contributed by atoms with Crippen molar-refractivity contribution in [1.29, 1.82) is 0 Å². The number of hydrogen-bond acceptors (Lipinski definition) is 6. The van der Waals surface area contributed by atoms with E-state index < -0.39 is 10.0 Å². The van der Waals surface area contributed by atoms with E-state index >= 15 is 0 Å². The third kappa shape index (κ3) is 5.12. The number of anilines is 2. The molecule has 0 bridgehead atoms. The monoisotopic (exact) mass is 464 g/mol. The molecular formula is C21H25ClN4O4S. The number of morpholine rings is 1. The normalized spacial score (nSPS) is 17.5. The fraction of sp³-hybridized carbons (Fsp3) is 0.381. The van der Waals surface area contributed by atoms with Crippen molar-refractivity contribution >= 4 is 38.9 Å². The second-order valence-electron chi connectivity index (χ2n) is 7.43. The van der Waals surface area contributed by atoms with Crippen molar-refractivity contribution in [3.63, 3.8) is 0 Å². The number of hydrogen-bond donors (Lipinski definition) is 2. The average molecular weight is 465 g/mol. The van der Waals surface area contributed by atoms with Crippen LogP contribution >= 0.6 is 11.6 Å². The zero-order valence-electron chi connectivity index (χ0n) is 17.0. The molecule has 2 aromatic rings. The minimum atomic E-state index is -3.81. The number of amides is 1. The molecule has 0 aromatic heterocycles. The van der Waals surface area contributed by atoms with Crippen LogP contribution in [0.3, 0.4) is 0 Å². The van der Waals surface area contributed by atoms with Crippen LogP contribution in [0.1, 0.15) is 10.4 Å². The Bertz CT molecular complexity index is 1030. The van der Waals surface area contributed by atoms with Gasteiger partial charge >= 0.3 is 0 Å². The van der Waals surface area contributed by atoms with E-state index in [9.17, 15) is 13.2 Å². The van der Waals surface area contributed by atoms with Gasteiger partial charge in [0.05, 0.1) is 23.7 Å². The van der Waals surface area contributed by atoms with Gasteiger partial charge in [0.15, 0.2) is 0 Å². The second kappa shape index (κ2) is 9.44. The van der Waals surface area contributed by atoms with Crippen LogP contribution in [-0.4, -0.2) is 71.7 Å². The van der Waals surface area contributed by atoms with Crippen LogP contribution < -0.4 is 14.9 Å². The third-order valence-electron chi connectivity index (χ3n) is 5.36. The van der Waals surface area contributed by atoms with Crippen molar-refractivity contribution in [2.75, 3.05) is 62.1 Å². The SMILES string of the molecule is O=C(c1cc(NS(=O)(=O)c2ccc(Cl)cc2)ccc1N1CCNCC1)N1CCOCC1. The predicted molar refractivity (Wildman–Crippen MR) is 121 cm³/mol. The summed E-state index contributed by atoms with van der Waals surface area (Å²) in [5.74, 6) is -0.121. The molecule has 4 rings (SSSR count). The molecule has 1 amide bonds. The first-order valence-electron chi connectivity index (χ1n) is 10.2. The Labute approximate surface area is 187 Å². The first kappa shape index (κ1) is 21.9. The Morgan fingerprint density at radius 3 is 2.35 bits per heavy atom. The first-order valence-corrected chi connectivity index (χ1v) is 12.1. The van der Waals surface area contributed by atoms with Crippen molar-refractivity contribution in [1.82, 2.24) is 10.2 Å². The fourth-order valence-corrected chi connectivity index (χ4v) is 4.89. The second-order valence-corrected chi connectivity index (χ2v) is 9.55. The van der Waals surface area contributed by atoms with E-state index in [-0.39, 0.29) is 10.8 Å². The Morgan fingerprint density at radius 1 is 1.00 bits per heavy atom. The third-order valence-corrected chi connectivity index (χ3v) is 7.01. The highest BCUT2D eigenvalue weighted by Crippen LogP contribution is 2.28. The number of halogens is 1. The summed E-state index contributed by atoms with van der Waals surface area (Å²) >= 11 is 5.87. The summed E-state index contributed by atoms with van der Waals surface area (Å²) < 4.78 is 33.5. The zero-order valence-corrected chi connectivity index (χ0v) is 18.6. The highest BCUT2D eigenvalue weighted by molar-refractivity contribution is 7.92. The molecule has 0 radical (unpaired) electrons. The van der Waals surface area contributed by atoms with Gasteiger partial charge in [-0.15, -0.1) is 0 Å². The average Bonchev–Trinajstić information content (AvgIpc) is 2.80. The zero-order chi connectivity index (χ0) is 21.8. The lowest BCUT2D eigenvalue weighted by atomic mass is 10.1. The van der Waals surface area contributed by atoms with Gasteiger partial charge in [0.2, 0.25) is 0 Å². The van der Waals surface area contributed by atoms with Gasteiger partial charge in [-0.2, -0.15) is 0 Å². The predicted octanol–water partition coefficient (Wildman–Crippen LogP) is 2.02. The Kier molecular flexibility index (Phi) is 6.66. The molecule has 2 heterocycles. The van der Waals surface area contributed by atoms with Gasteiger partial charge in [-0.25, -0.2) is 8.42 Å². The summed E-state index contributed by atoms with van der Waals surface area (Å²) in [5, 5.41) is 3.76. The van der Waals surface area contributed by atoms with Gasteiger partial charge in [-0.1, -0.05) is 11.6 Å². The molecule has 0 atom stereocenters. The topological polar surface area (TPSA) is 91.0 Å². The molecular weight excluding hydrogens is 440 g/mol. The molecule has 31 heavy (non-hydrogen) atoms. The van der Waals surface area contributed by atoms with Crippen molar-refractivity contribution in [2.24, 2.45) is 0 Å². The largest absolute Gasteiger partial charge is 0.378 e. The molecule has 166 valence electrons. The summed E-state index contributed by atoms with van der Waals surface area (Å²) in [4.78, 5) is 17.3. The number of ether oxygens (including phenoxy) is 1. The molecule has 10 heteroatoms. The highest BCUT2D eigenvalue weighted by Gasteiger charge is 2.25. The van der Waals surface area contributed by atoms with Crippen LogP contribution in [0.25, 0.3) is 0 Å². The number of benzene rings is 2. The lowest BCUT2D eigenvalue weighted by Crippen LogP contribution is -2.45. The smallest absolute Gasteiger partial charge is 0.261 e. The summed E-state index contributed by atoms with van der Waals surface area (Å²) in [7, 11) is -3.81. The maximum atomic E-state index is 13.3. The van der Waals surface area contributed by atoms with Crippen molar-refractivity contribution in [3.05, 3.63) is 53.1 Å². The molecule has 0 unspecified atom stereocenters. The quantitative estimate of drug-likeness (QED) is 0.703. The number of sulfonamides is 1. The van der Waals surface area contributed by atoms with Crippen LogP contribution in [-0.2, 0) is 14.8 Å². The van der Waals surface area contributed by atoms with Gasteiger partial charge in [-0.3, -0.25) is 9.52 Å². The molecule has 8 nitrogen and oxygen atoms in total. The summed E-state index contributed by atoms with van der Waals surface area (Å²) in [6.07, 6.45) is 0. The van der Waals surface area contributed by atoms with Crippen LogP contribution in [0.2, 0.25) is 5.02 Å². The van der Waals surface area contributed by atoms with E-state index in [1.54, 1.807) is 17.0 Å². The van der Waals surface area contributed by atoms with Gasteiger partial charge in [0.25, 0.3) is 15.9 Å². The number of nitrogens with zero attached hydrogens (tertiary/aromatic N) is 2. The van der Waals surface area contributed by atoms with Crippen molar-refractivity contribution in [2.45, 2.75) is 4.90 Å². The number of nitrogens with one attached hydrogen (secondary N) is 2. The molecule has 0 spiro atoms. The molecule has 0 saturated carbocycles. The van der Waals surface area contributed by atoms with E-state index in [2.05, 4.69) is 14.9 Å².